The van der Waals surface area contributed by atoms with E-state index in [9.17, 15) is 0 Å². The van der Waals surface area contributed by atoms with E-state index in [0.29, 0.717) is 17.5 Å². The van der Waals surface area contributed by atoms with Gasteiger partial charge in [0.25, 0.3) is 0 Å². The SMILES string of the molecule is Cn1ccnc1-c1noc(C(C)(C)c2ccc(N)cc2)n1. The van der Waals surface area contributed by atoms with Gasteiger partial charge < -0.3 is 14.8 Å². The number of nitrogens with zero attached hydrogens (tertiary/aromatic N) is 4. The summed E-state index contributed by atoms with van der Waals surface area (Å²) in [6, 6.07) is 7.68. The quantitative estimate of drug-likeness (QED) is 0.746. The third-order valence-electron chi connectivity index (χ3n) is 3.61. The fourth-order valence-corrected chi connectivity index (χ4v) is 2.17. The van der Waals surface area contributed by atoms with E-state index in [2.05, 4.69) is 15.1 Å². The van der Waals surface area contributed by atoms with Gasteiger partial charge in [-0.3, -0.25) is 0 Å². The predicted octanol–water partition coefficient (Wildman–Crippen LogP) is 2.38. The molecule has 0 atom stereocenters. The second-order valence-electron chi connectivity index (χ2n) is 5.53. The summed E-state index contributed by atoms with van der Waals surface area (Å²) >= 11 is 0. The minimum Gasteiger partial charge on any atom is -0.399 e. The Bertz CT molecular complexity index is 754. The highest BCUT2D eigenvalue weighted by Crippen LogP contribution is 2.31. The van der Waals surface area contributed by atoms with Gasteiger partial charge in [-0.15, -0.1) is 0 Å². The van der Waals surface area contributed by atoms with Gasteiger partial charge in [0, 0.05) is 25.1 Å². The Morgan fingerprint density at radius 2 is 1.90 bits per heavy atom. The van der Waals surface area contributed by atoms with Crippen LogP contribution in [-0.4, -0.2) is 19.7 Å². The lowest BCUT2D eigenvalue weighted by Crippen LogP contribution is -2.19. The Kier molecular flexibility index (Phi) is 3.01. The second kappa shape index (κ2) is 4.73. The number of aromatic nitrogens is 4. The summed E-state index contributed by atoms with van der Waals surface area (Å²) in [6.07, 6.45) is 3.55. The largest absolute Gasteiger partial charge is 0.399 e. The van der Waals surface area contributed by atoms with E-state index in [1.54, 1.807) is 6.20 Å². The number of aryl methyl sites for hydroxylation is 1. The molecule has 108 valence electrons. The molecule has 2 aromatic heterocycles. The molecular weight excluding hydrogens is 266 g/mol. The van der Waals surface area contributed by atoms with Crippen LogP contribution in [0.4, 0.5) is 5.69 Å². The van der Waals surface area contributed by atoms with Crippen molar-refractivity contribution in [3.63, 3.8) is 0 Å². The monoisotopic (exact) mass is 283 g/mol. The van der Waals surface area contributed by atoms with Crippen molar-refractivity contribution in [2.24, 2.45) is 7.05 Å². The first-order chi connectivity index (χ1) is 9.98. The minimum absolute atomic E-state index is 0.399. The van der Waals surface area contributed by atoms with Gasteiger partial charge in [-0.05, 0) is 31.5 Å². The first-order valence-corrected chi connectivity index (χ1v) is 6.66. The summed E-state index contributed by atoms with van der Waals surface area (Å²) in [7, 11) is 1.89. The van der Waals surface area contributed by atoms with E-state index in [1.807, 2.05) is 55.9 Å². The summed E-state index contributed by atoms with van der Waals surface area (Å²) in [5.41, 5.74) is 7.12. The van der Waals surface area contributed by atoms with Gasteiger partial charge in [-0.25, -0.2) is 4.98 Å². The molecule has 21 heavy (non-hydrogen) atoms. The highest BCUT2D eigenvalue weighted by atomic mass is 16.5. The van der Waals surface area contributed by atoms with Crippen molar-refractivity contribution in [2.45, 2.75) is 19.3 Å². The fourth-order valence-electron chi connectivity index (χ4n) is 2.17. The zero-order valence-corrected chi connectivity index (χ0v) is 12.2. The van der Waals surface area contributed by atoms with E-state index in [0.717, 1.165) is 11.3 Å². The van der Waals surface area contributed by atoms with Gasteiger partial charge in [0.15, 0.2) is 5.82 Å². The maximum atomic E-state index is 5.73. The molecule has 0 bridgehead atoms. The van der Waals surface area contributed by atoms with Gasteiger partial charge in [0.1, 0.15) is 0 Å². The first-order valence-electron chi connectivity index (χ1n) is 6.66. The normalized spacial score (nSPS) is 11.8. The maximum absolute atomic E-state index is 5.73. The summed E-state index contributed by atoms with van der Waals surface area (Å²) in [5, 5.41) is 4.03. The number of hydrogen-bond acceptors (Lipinski definition) is 5. The zero-order chi connectivity index (χ0) is 15.0. The highest BCUT2D eigenvalue weighted by Gasteiger charge is 2.30. The molecule has 3 rings (SSSR count). The molecule has 0 spiro atoms. The summed E-state index contributed by atoms with van der Waals surface area (Å²) < 4.78 is 7.30. The Labute approximate surface area is 122 Å². The standard InChI is InChI=1S/C15H17N5O/c1-15(2,10-4-6-11(16)7-5-10)14-18-12(19-21-14)13-17-8-9-20(13)3/h4-9H,16H2,1-3H3. The number of benzene rings is 1. The Balaban J connectivity index is 1.98. The average Bonchev–Trinajstić information content (AvgIpc) is 3.07. The van der Waals surface area contributed by atoms with Gasteiger partial charge in [0.05, 0.1) is 5.41 Å². The minimum atomic E-state index is -0.399. The van der Waals surface area contributed by atoms with Gasteiger partial charge in [-0.2, -0.15) is 4.98 Å². The van der Waals surface area contributed by atoms with Crippen LogP contribution in [0.15, 0.2) is 41.2 Å². The second-order valence-corrected chi connectivity index (χ2v) is 5.53. The molecule has 2 heterocycles. The summed E-state index contributed by atoms with van der Waals surface area (Å²) in [5.74, 6) is 1.71. The zero-order valence-electron chi connectivity index (χ0n) is 12.2. The summed E-state index contributed by atoms with van der Waals surface area (Å²) in [6.45, 7) is 4.07. The van der Waals surface area contributed by atoms with Crippen molar-refractivity contribution in [3.05, 3.63) is 48.1 Å². The lowest BCUT2D eigenvalue weighted by atomic mass is 9.84. The van der Waals surface area contributed by atoms with E-state index in [4.69, 9.17) is 10.3 Å². The van der Waals surface area contributed by atoms with Crippen LogP contribution in [-0.2, 0) is 12.5 Å². The van der Waals surface area contributed by atoms with E-state index in [-0.39, 0.29) is 0 Å². The molecule has 0 aliphatic rings. The Morgan fingerprint density at radius 3 is 2.52 bits per heavy atom. The number of nitrogen functional groups attached to an aromatic ring is 1. The Morgan fingerprint density at radius 1 is 1.19 bits per heavy atom. The van der Waals surface area contributed by atoms with E-state index < -0.39 is 5.41 Å². The number of rotatable bonds is 3. The van der Waals surface area contributed by atoms with Crippen LogP contribution in [0, 0.1) is 0 Å². The van der Waals surface area contributed by atoms with Crippen LogP contribution >= 0.6 is 0 Å². The van der Waals surface area contributed by atoms with Crippen LogP contribution in [0.1, 0.15) is 25.3 Å². The van der Waals surface area contributed by atoms with Crippen molar-refractivity contribution in [1.82, 2.24) is 19.7 Å². The van der Waals surface area contributed by atoms with Crippen molar-refractivity contribution in [1.29, 1.82) is 0 Å². The number of nitrogens with two attached hydrogens (primary N) is 1. The lowest BCUT2D eigenvalue weighted by Gasteiger charge is -2.20. The third kappa shape index (κ3) is 2.29. The molecule has 2 N–H and O–H groups in total. The van der Waals surface area contributed by atoms with Crippen LogP contribution in [0.25, 0.3) is 11.6 Å². The molecular formula is C15H17N5O. The molecule has 3 aromatic rings. The van der Waals surface area contributed by atoms with Crippen molar-refractivity contribution in [3.8, 4) is 11.6 Å². The first kappa shape index (κ1) is 13.4. The van der Waals surface area contributed by atoms with Crippen LogP contribution in [0.5, 0.6) is 0 Å². The van der Waals surface area contributed by atoms with Gasteiger partial charge in [-0.1, -0.05) is 17.3 Å². The molecule has 0 radical (unpaired) electrons. The fraction of sp³-hybridized carbons (Fsp3) is 0.267. The molecule has 6 heteroatoms. The highest BCUT2D eigenvalue weighted by molar-refractivity contribution is 5.45. The Hall–Kier alpha value is -2.63. The molecule has 0 amide bonds. The number of anilines is 1. The number of imidazole rings is 1. The maximum Gasteiger partial charge on any atom is 0.238 e. The van der Waals surface area contributed by atoms with Crippen LogP contribution in [0.3, 0.4) is 0 Å². The molecule has 0 aliphatic heterocycles. The predicted molar refractivity (Wildman–Crippen MR) is 79.5 cm³/mol. The van der Waals surface area contributed by atoms with Crippen molar-refractivity contribution < 1.29 is 4.52 Å². The smallest absolute Gasteiger partial charge is 0.238 e. The molecule has 0 fully saturated rings. The lowest BCUT2D eigenvalue weighted by molar-refractivity contribution is 0.332. The summed E-state index contributed by atoms with van der Waals surface area (Å²) in [4.78, 5) is 8.72. The topological polar surface area (TPSA) is 82.8 Å². The van der Waals surface area contributed by atoms with Crippen LogP contribution in [0.2, 0.25) is 0 Å². The molecule has 0 saturated heterocycles. The van der Waals surface area contributed by atoms with E-state index >= 15 is 0 Å². The van der Waals surface area contributed by atoms with Gasteiger partial charge >= 0.3 is 0 Å². The number of hydrogen-bond donors (Lipinski definition) is 1. The molecule has 0 aliphatic carbocycles. The van der Waals surface area contributed by atoms with Crippen molar-refractivity contribution >= 4 is 5.69 Å². The average molecular weight is 283 g/mol. The molecule has 0 unspecified atom stereocenters. The van der Waals surface area contributed by atoms with Gasteiger partial charge in [0.2, 0.25) is 11.7 Å². The molecule has 0 saturated carbocycles. The molecule has 1 aromatic carbocycles. The van der Waals surface area contributed by atoms with Crippen molar-refractivity contribution in [2.75, 3.05) is 5.73 Å². The van der Waals surface area contributed by atoms with Crippen LogP contribution < -0.4 is 5.73 Å². The third-order valence-corrected chi connectivity index (χ3v) is 3.61. The molecule has 6 nitrogen and oxygen atoms in total. The van der Waals surface area contributed by atoms with E-state index in [1.165, 1.54) is 0 Å².